The number of nitrogens with two attached hydrogens (primary N) is 2. The first-order valence-corrected chi connectivity index (χ1v) is 8.99. The first-order chi connectivity index (χ1) is 14.9. The van der Waals surface area contributed by atoms with Crippen LogP contribution < -0.4 is 21.7 Å². The molecular weight excluding hydrogens is 422 g/mol. The van der Waals surface area contributed by atoms with E-state index in [1.54, 1.807) is 36.4 Å². The van der Waals surface area contributed by atoms with Crippen molar-refractivity contribution < 1.29 is 10.2 Å². The molecule has 0 atom stereocenters. The Bertz CT molecular complexity index is 1090. The Kier molecular flexibility index (Phi) is 6.81. The van der Waals surface area contributed by atoms with Crippen molar-refractivity contribution in [1.82, 2.24) is 15.0 Å². The molecule has 0 aromatic carbocycles. The zero-order chi connectivity index (χ0) is 22.2. The second kappa shape index (κ2) is 9.89. The van der Waals surface area contributed by atoms with Crippen LogP contribution in [0.5, 0.6) is 0 Å². The molecule has 12 heteroatoms. The van der Waals surface area contributed by atoms with Crippen LogP contribution in [-0.2, 0) is 0 Å². The molecule has 3 heterocycles. The number of hydrogen-bond donors (Lipinski definition) is 2. The molecule has 11 nitrogen and oxygen atoms in total. The van der Waals surface area contributed by atoms with Crippen molar-refractivity contribution in [3.05, 3.63) is 88.7 Å². The lowest BCUT2D eigenvalue weighted by Gasteiger charge is -2.13. The standard InChI is InChI=1S/C19H16ClN9O2/c20-11-9-14(18(30)28-26-16(21)12-5-1-3-7-23-12)25-15(10-11)19(31)29-27-17(22)13-6-2-4-8-24-13/h1-10H,(H2,21,26)(H2,22,27)(H,28,30)(H,29,31)/p-2. The van der Waals surface area contributed by atoms with Crippen molar-refractivity contribution >= 4 is 35.1 Å². The minimum atomic E-state index is -0.869. The van der Waals surface area contributed by atoms with Crippen LogP contribution in [0.25, 0.3) is 0 Å². The van der Waals surface area contributed by atoms with Crippen molar-refractivity contribution in [2.75, 3.05) is 0 Å². The zero-order valence-corrected chi connectivity index (χ0v) is 16.5. The van der Waals surface area contributed by atoms with E-state index in [1.807, 2.05) is 0 Å². The van der Waals surface area contributed by atoms with E-state index in [2.05, 4.69) is 35.4 Å². The highest BCUT2D eigenvalue weighted by Gasteiger charge is 2.04. The molecule has 3 rings (SSSR count). The van der Waals surface area contributed by atoms with E-state index in [4.69, 9.17) is 23.1 Å². The third kappa shape index (κ3) is 5.81. The van der Waals surface area contributed by atoms with E-state index in [9.17, 15) is 10.2 Å². The SMILES string of the molecule is NC(=NN=C([O-])c1cc(Cl)cc(C([O-])=NN=C(N)c2ccccn2)n1)c1ccccn1. The average Bonchev–Trinajstić information content (AvgIpc) is 2.81. The Hall–Kier alpha value is -4.38. The van der Waals surface area contributed by atoms with Gasteiger partial charge in [0.05, 0.1) is 11.4 Å². The van der Waals surface area contributed by atoms with E-state index < -0.39 is 11.8 Å². The number of rotatable bonds is 6. The number of halogens is 1. The molecule has 0 saturated heterocycles. The highest BCUT2D eigenvalue weighted by atomic mass is 35.5. The second-order valence-electron chi connectivity index (χ2n) is 5.77. The molecule has 0 unspecified atom stereocenters. The summed E-state index contributed by atoms with van der Waals surface area (Å²) in [6.45, 7) is 0. The third-order valence-corrected chi connectivity index (χ3v) is 3.80. The molecule has 0 bridgehead atoms. The van der Waals surface area contributed by atoms with Gasteiger partial charge in [0, 0.05) is 29.2 Å². The van der Waals surface area contributed by atoms with Gasteiger partial charge in [-0.2, -0.15) is 10.2 Å². The second-order valence-corrected chi connectivity index (χ2v) is 6.20. The quantitative estimate of drug-likeness (QED) is 0.293. The summed E-state index contributed by atoms with van der Waals surface area (Å²) in [6, 6.07) is 12.5. The molecular formula is C19H14ClN9O2-2. The van der Waals surface area contributed by atoms with Gasteiger partial charge >= 0.3 is 0 Å². The van der Waals surface area contributed by atoms with Crippen LogP contribution in [0.1, 0.15) is 22.8 Å². The largest absolute Gasteiger partial charge is 0.856 e. The summed E-state index contributed by atoms with van der Waals surface area (Å²) in [5.74, 6) is -1.87. The molecule has 0 radical (unpaired) electrons. The number of hydrogen-bond acceptors (Lipinski definition) is 9. The van der Waals surface area contributed by atoms with E-state index in [0.717, 1.165) is 0 Å². The molecule has 31 heavy (non-hydrogen) atoms. The minimum Gasteiger partial charge on any atom is -0.856 e. The first-order valence-electron chi connectivity index (χ1n) is 8.61. The van der Waals surface area contributed by atoms with Crippen molar-refractivity contribution in [2.24, 2.45) is 31.9 Å². The summed E-state index contributed by atoms with van der Waals surface area (Å²) < 4.78 is 0. The van der Waals surface area contributed by atoms with E-state index >= 15 is 0 Å². The predicted molar refractivity (Wildman–Crippen MR) is 112 cm³/mol. The van der Waals surface area contributed by atoms with Crippen LogP contribution in [0.3, 0.4) is 0 Å². The highest BCUT2D eigenvalue weighted by molar-refractivity contribution is 6.31. The van der Waals surface area contributed by atoms with E-state index in [0.29, 0.717) is 11.4 Å². The van der Waals surface area contributed by atoms with Gasteiger partial charge in [-0.15, -0.1) is 10.2 Å². The summed E-state index contributed by atoms with van der Waals surface area (Å²) in [7, 11) is 0. The first kappa shape index (κ1) is 21.3. The zero-order valence-electron chi connectivity index (χ0n) is 15.8. The molecule has 0 saturated carbocycles. The normalized spacial score (nSPS) is 13.3. The third-order valence-electron chi connectivity index (χ3n) is 3.58. The van der Waals surface area contributed by atoms with Gasteiger partial charge in [-0.3, -0.25) is 9.97 Å². The van der Waals surface area contributed by atoms with Gasteiger partial charge in [0.25, 0.3) is 0 Å². The maximum atomic E-state index is 12.3. The molecule has 0 fully saturated rings. The minimum absolute atomic E-state index is 0.0652. The van der Waals surface area contributed by atoms with Crippen LogP contribution >= 0.6 is 11.6 Å². The number of aromatic nitrogens is 3. The molecule has 4 N–H and O–H groups in total. The fourth-order valence-electron chi connectivity index (χ4n) is 2.15. The lowest BCUT2D eigenvalue weighted by atomic mass is 10.3. The van der Waals surface area contributed by atoms with Gasteiger partial charge in [-0.05, 0) is 36.4 Å². The van der Waals surface area contributed by atoms with Crippen LogP contribution in [0.2, 0.25) is 5.02 Å². The molecule has 0 aliphatic heterocycles. The van der Waals surface area contributed by atoms with Crippen LogP contribution in [0.15, 0.2) is 81.3 Å². The van der Waals surface area contributed by atoms with Crippen molar-refractivity contribution in [2.45, 2.75) is 0 Å². The number of nitrogens with zero attached hydrogens (tertiary/aromatic N) is 7. The predicted octanol–water partition coefficient (Wildman–Crippen LogP) is -0.620. The number of pyridine rings is 3. The van der Waals surface area contributed by atoms with Gasteiger partial charge in [0.1, 0.15) is 11.4 Å². The molecule has 0 spiro atoms. The summed E-state index contributed by atoms with van der Waals surface area (Å²) in [4.78, 5) is 11.9. The van der Waals surface area contributed by atoms with Crippen molar-refractivity contribution in [3.8, 4) is 0 Å². The summed E-state index contributed by atoms with van der Waals surface area (Å²) in [6.07, 6.45) is 3.03. The molecule has 0 aliphatic carbocycles. The fourth-order valence-corrected chi connectivity index (χ4v) is 2.36. The van der Waals surface area contributed by atoms with Crippen LogP contribution in [0, 0.1) is 0 Å². The van der Waals surface area contributed by atoms with Gasteiger partial charge in [-0.25, -0.2) is 4.98 Å². The van der Waals surface area contributed by atoms with Gasteiger partial charge < -0.3 is 21.7 Å². The summed E-state index contributed by atoms with van der Waals surface area (Å²) in [5.41, 5.74) is 11.7. The lowest BCUT2D eigenvalue weighted by molar-refractivity contribution is -0.214. The average molecular weight is 436 g/mol. The Morgan fingerprint density at radius 3 is 1.55 bits per heavy atom. The molecule has 0 amide bonds. The summed E-state index contributed by atoms with van der Waals surface area (Å²) >= 11 is 5.99. The van der Waals surface area contributed by atoms with Gasteiger partial charge in [0.2, 0.25) is 0 Å². The topological polar surface area (TPSA) is 186 Å². The molecule has 3 aromatic rings. The smallest absolute Gasteiger partial charge is 0.171 e. The maximum Gasteiger partial charge on any atom is 0.171 e. The maximum absolute atomic E-state index is 12.3. The Morgan fingerprint density at radius 1 is 0.710 bits per heavy atom. The Balaban J connectivity index is 1.85. The van der Waals surface area contributed by atoms with Crippen molar-refractivity contribution in [1.29, 1.82) is 0 Å². The Labute approximate surface area is 181 Å². The number of amidine groups is 2. The monoisotopic (exact) mass is 435 g/mol. The molecule has 0 aliphatic rings. The van der Waals surface area contributed by atoms with E-state index in [-0.39, 0.29) is 28.1 Å². The van der Waals surface area contributed by atoms with Crippen molar-refractivity contribution in [3.63, 3.8) is 0 Å². The molecule has 3 aromatic heterocycles. The van der Waals surface area contributed by atoms with Gasteiger partial charge in [0.15, 0.2) is 11.7 Å². The van der Waals surface area contributed by atoms with E-state index in [1.165, 1.54) is 24.5 Å². The lowest BCUT2D eigenvalue weighted by Crippen LogP contribution is -2.25. The fraction of sp³-hybridized carbons (Fsp3) is 0. The van der Waals surface area contributed by atoms with Crippen LogP contribution in [-0.4, -0.2) is 38.4 Å². The van der Waals surface area contributed by atoms with Crippen LogP contribution in [0.4, 0.5) is 0 Å². The summed E-state index contributed by atoms with van der Waals surface area (Å²) in [5, 5.41) is 38.9. The molecule has 156 valence electrons. The van der Waals surface area contributed by atoms with Gasteiger partial charge in [-0.1, -0.05) is 23.7 Å². The Morgan fingerprint density at radius 2 is 1.16 bits per heavy atom. The highest BCUT2D eigenvalue weighted by Crippen LogP contribution is 2.12.